The molecule has 1 heterocycles. The average molecular weight is 225 g/mol. The number of carbonyl (C=O) groups is 1. The molecule has 3 heteroatoms. The SMILES string of the molecule is CC1(C)CC(C)(C)CC2(CCNC(=O)O2)C1. The molecular weight excluding hydrogens is 202 g/mol. The summed E-state index contributed by atoms with van der Waals surface area (Å²) in [6.45, 7) is 9.89. The van der Waals surface area contributed by atoms with Crippen molar-refractivity contribution in [2.45, 2.75) is 59.0 Å². The largest absolute Gasteiger partial charge is 0.443 e. The molecule has 2 rings (SSSR count). The van der Waals surface area contributed by atoms with Crippen molar-refractivity contribution in [1.29, 1.82) is 0 Å². The number of alkyl carbamates (subject to hydrolysis) is 1. The molecule has 1 spiro atoms. The summed E-state index contributed by atoms with van der Waals surface area (Å²) in [5, 5.41) is 2.75. The summed E-state index contributed by atoms with van der Waals surface area (Å²) in [4.78, 5) is 11.4. The lowest BCUT2D eigenvalue weighted by molar-refractivity contribution is -0.105. The van der Waals surface area contributed by atoms with Gasteiger partial charge in [-0.25, -0.2) is 4.79 Å². The number of carbonyl (C=O) groups excluding carboxylic acids is 1. The van der Waals surface area contributed by atoms with Crippen molar-refractivity contribution in [2.75, 3.05) is 6.54 Å². The van der Waals surface area contributed by atoms with Gasteiger partial charge in [-0.2, -0.15) is 0 Å². The highest BCUT2D eigenvalue weighted by atomic mass is 16.6. The number of amides is 1. The zero-order chi connectivity index (χ0) is 12.0. The van der Waals surface area contributed by atoms with E-state index >= 15 is 0 Å². The number of nitrogens with one attached hydrogen (secondary N) is 1. The van der Waals surface area contributed by atoms with Gasteiger partial charge in [-0.3, -0.25) is 0 Å². The van der Waals surface area contributed by atoms with Gasteiger partial charge in [-0.1, -0.05) is 27.7 Å². The summed E-state index contributed by atoms with van der Waals surface area (Å²) in [6, 6.07) is 0. The van der Waals surface area contributed by atoms with Gasteiger partial charge in [-0.05, 0) is 30.1 Å². The highest BCUT2D eigenvalue weighted by Gasteiger charge is 2.50. The minimum absolute atomic E-state index is 0.215. The molecule has 0 aromatic heterocycles. The fourth-order valence-corrected chi connectivity index (χ4v) is 4.15. The van der Waals surface area contributed by atoms with E-state index in [4.69, 9.17) is 4.74 Å². The summed E-state index contributed by atoms with van der Waals surface area (Å²) in [5.74, 6) is 0. The predicted octanol–water partition coefficient (Wildman–Crippen LogP) is 3.09. The van der Waals surface area contributed by atoms with E-state index in [1.54, 1.807) is 0 Å². The van der Waals surface area contributed by atoms with E-state index in [2.05, 4.69) is 33.0 Å². The molecule has 0 atom stereocenters. The minimum Gasteiger partial charge on any atom is -0.443 e. The van der Waals surface area contributed by atoms with Crippen molar-refractivity contribution in [1.82, 2.24) is 5.32 Å². The molecule has 1 saturated carbocycles. The first-order valence-electron chi connectivity index (χ1n) is 6.19. The first kappa shape index (κ1) is 11.7. The van der Waals surface area contributed by atoms with E-state index in [-0.39, 0.29) is 22.5 Å². The monoisotopic (exact) mass is 225 g/mol. The summed E-state index contributed by atoms with van der Waals surface area (Å²) in [6.07, 6.45) is 3.91. The Morgan fingerprint density at radius 1 is 1.06 bits per heavy atom. The minimum atomic E-state index is -0.236. The van der Waals surface area contributed by atoms with E-state index in [0.29, 0.717) is 0 Å². The van der Waals surface area contributed by atoms with Crippen molar-refractivity contribution >= 4 is 6.09 Å². The third kappa shape index (κ3) is 2.33. The van der Waals surface area contributed by atoms with Gasteiger partial charge in [-0.15, -0.1) is 0 Å². The first-order chi connectivity index (χ1) is 7.22. The molecule has 1 aliphatic heterocycles. The molecule has 0 unspecified atom stereocenters. The molecule has 1 saturated heterocycles. The predicted molar refractivity (Wildman–Crippen MR) is 63.2 cm³/mol. The molecule has 1 aliphatic carbocycles. The summed E-state index contributed by atoms with van der Waals surface area (Å²) >= 11 is 0. The standard InChI is InChI=1S/C13H23NO2/c1-11(2)7-12(3,4)9-13(8-11)5-6-14-10(15)16-13/h5-9H2,1-4H3,(H,14,15). The number of hydrogen-bond donors (Lipinski definition) is 1. The van der Waals surface area contributed by atoms with Crippen molar-refractivity contribution in [2.24, 2.45) is 10.8 Å². The van der Waals surface area contributed by atoms with Crippen molar-refractivity contribution < 1.29 is 9.53 Å². The molecule has 3 nitrogen and oxygen atoms in total. The number of ether oxygens (including phenoxy) is 1. The highest BCUT2D eigenvalue weighted by molar-refractivity contribution is 5.68. The fraction of sp³-hybridized carbons (Fsp3) is 0.923. The lowest BCUT2D eigenvalue weighted by Gasteiger charge is -2.52. The van der Waals surface area contributed by atoms with Crippen LogP contribution in [-0.2, 0) is 4.74 Å². The van der Waals surface area contributed by atoms with Gasteiger partial charge >= 0.3 is 6.09 Å². The van der Waals surface area contributed by atoms with Crippen LogP contribution in [0.4, 0.5) is 4.79 Å². The van der Waals surface area contributed by atoms with Crippen LogP contribution in [0.2, 0.25) is 0 Å². The average Bonchev–Trinajstić information content (AvgIpc) is 1.94. The fourth-order valence-electron chi connectivity index (χ4n) is 4.15. The van der Waals surface area contributed by atoms with Crippen molar-refractivity contribution in [3.8, 4) is 0 Å². The Hall–Kier alpha value is -0.730. The van der Waals surface area contributed by atoms with Crippen LogP contribution in [0.5, 0.6) is 0 Å². The first-order valence-corrected chi connectivity index (χ1v) is 6.19. The molecule has 0 aromatic carbocycles. The highest BCUT2D eigenvalue weighted by Crippen LogP contribution is 2.53. The molecular formula is C13H23NO2. The van der Waals surface area contributed by atoms with Crippen LogP contribution in [0.1, 0.15) is 53.4 Å². The van der Waals surface area contributed by atoms with Crippen molar-refractivity contribution in [3.05, 3.63) is 0 Å². The number of rotatable bonds is 0. The van der Waals surface area contributed by atoms with Crippen LogP contribution in [-0.4, -0.2) is 18.2 Å². The van der Waals surface area contributed by atoms with E-state index in [9.17, 15) is 4.79 Å². The quantitative estimate of drug-likeness (QED) is 0.688. The van der Waals surface area contributed by atoms with E-state index in [1.165, 1.54) is 6.42 Å². The van der Waals surface area contributed by atoms with E-state index in [0.717, 1.165) is 25.8 Å². The zero-order valence-corrected chi connectivity index (χ0v) is 10.9. The molecule has 16 heavy (non-hydrogen) atoms. The van der Waals surface area contributed by atoms with Gasteiger partial charge in [0.2, 0.25) is 0 Å². The van der Waals surface area contributed by atoms with Crippen molar-refractivity contribution in [3.63, 3.8) is 0 Å². The molecule has 2 fully saturated rings. The van der Waals surface area contributed by atoms with Crippen LogP contribution < -0.4 is 5.32 Å². The second kappa shape index (κ2) is 3.38. The summed E-state index contributed by atoms with van der Waals surface area (Å²) in [5.41, 5.74) is 0.312. The molecule has 0 bridgehead atoms. The maximum Gasteiger partial charge on any atom is 0.407 e. The Morgan fingerprint density at radius 2 is 1.62 bits per heavy atom. The lowest BCUT2D eigenvalue weighted by Crippen LogP contribution is -2.54. The van der Waals surface area contributed by atoms with Gasteiger partial charge in [0, 0.05) is 13.0 Å². The Kier molecular flexibility index (Phi) is 2.48. The number of hydrogen-bond acceptors (Lipinski definition) is 2. The molecule has 0 aromatic rings. The molecule has 0 radical (unpaired) electrons. The normalized spacial score (nSPS) is 30.6. The van der Waals surface area contributed by atoms with Gasteiger partial charge < -0.3 is 10.1 Å². The Bertz CT molecular complexity index is 291. The third-order valence-corrected chi connectivity index (χ3v) is 3.72. The second-order valence-corrected chi connectivity index (χ2v) is 7.11. The van der Waals surface area contributed by atoms with Gasteiger partial charge in [0.05, 0.1) is 0 Å². The Balaban J connectivity index is 2.23. The van der Waals surface area contributed by atoms with E-state index < -0.39 is 0 Å². The van der Waals surface area contributed by atoms with Crippen LogP contribution in [0.25, 0.3) is 0 Å². The molecule has 92 valence electrons. The molecule has 2 aliphatic rings. The van der Waals surface area contributed by atoms with Gasteiger partial charge in [0.1, 0.15) is 5.60 Å². The van der Waals surface area contributed by atoms with Crippen LogP contribution in [0.3, 0.4) is 0 Å². The van der Waals surface area contributed by atoms with E-state index in [1.807, 2.05) is 0 Å². The maximum atomic E-state index is 11.4. The Morgan fingerprint density at radius 3 is 2.12 bits per heavy atom. The molecule has 1 N–H and O–H groups in total. The summed E-state index contributed by atoms with van der Waals surface area (Å²) < 4.78 is 5.64. The molecule has 1 amide bonds. The van der Waals surface area contributed by atoms with Gasteiger partial charge in [0.15, 0.2) is 0 Å². The summed E-state index contributed by atoms with van der Waals surface area (Å²) in [7, 11) is 0. The van der Waals surface area contributed by atoms with Crippen LogP contribution in [0, 0.1) is 10.8 Å². The van der Waals surface area contributed by atoms with Gasteiger partial charge in [0.25, 0.3) is 0 Å². The Labute approximate surface area is 97.9 Å². The van der Waals surface area contributed by atoms with Crippen LogP contribution >= 0.6 is 0 Å². The lowest BCUT2D eigenvalue weighted by atomic mass is 9.58. The smallest absolute Gasteiger partial charge is 0.407 e. The second-order valence-electron chi connectivity index (χ2n) is 7.11. The third-order valence-electron chi connectivity index (χ3n) is 3.72. The zero-order valence-electron chi connectivity index (χ0n) is 10.9. The topological polar surface area (TPSA) is 38.3 Å². The maximum absolute atomic E-state index is 11.4. The van der Waals surface area contributed by atoms with Crippen LogP contribution in [0.15, 0.2) is 0 Å².